The van der Waals surface area contributed by atoms with E-state index in [9.17, 15) is 14.4 Å². The Morgan fingerprint density at radius 2 is 1.82 bits per heavy atom. The van der Waals surface area contributed by atoms with Crippen LogP contribution in [0, 0.1) is 5.92 Å². The molecule has 218 valence electrons. The van der Waals surface area contributed by atoms with Crippen LogP contribution >= 0.6 is 0 Å². The highest BCUT2D eigenvalue weighted by atomic mass is 16.6. The summed E-state index contributed by atoms with van der Waals surface area (Å²) in [5, 5.41) is 4.35. The zero-order chi connectivity index (χ0) is 28.8. The van der Waals surface area contributed by atoms with Crippen molar-refractivity contribution >= 4 is 18.0 Å². The summed E-state index contributed by atoms with van der Waals surface area (Å²) in [6.07, 6.45) is 7.03. The number of aryl methyl sites for hydroxylation is 1. The molecule has 1 amide bonds. The average Bonchev–Trinajstić information content (AvgIpc) is 3.25. The SMILES string of the molecule is CC(=O)OCc1nc(-c2cnn(C)c2COC(=O)N(C)C2CCC2)ccc1O[C@@H]1CCC[C@@H](C(=O)OC(C)C)C1. The van der Waals surface area contributed by atoms with Gasteiger partial charge in [-0.2, -0.15) is 5.10 Å². The minimum atomic E-state index is -0.433. The number of rotatable bonds is 10. The number of hydrogen-bond donors (Lipinski definition) is 0. The molecule has 2 aromatic heterocycles. The molecule has 2 aliphatic rings. The monoisotopic (exact) mass is 556 g/mol. The van der Waals surface area contributed by atoms with Crippen molar-refractivity contribution in [1.29, 1.82) is 0 Å². The molecular weight excluding hydrogens is 516 g/mol. The van der Waals surface area contributed by atoms with Gasteiger partial charge in [0.1, 0.15) is 24.7 Å². The molecule has 0 bridgehead atoms. The highest BCUT2D eigenvalue weighted by Gasteiger charge is 2.31. The quantitative estimate of drug-likeness (QED) is 0.306. The van der Waals surface area contributed by atoms with Crippen molar-refractivity contribution < 1.29 is 33.3 Å². The van der Waals surface area contributed by atoms with Crippen molar-refractivity contribution in [3.63, 3.8) is 0 Å². The van der Waals surface area contributed by atoms with E-state index in [1.54, 1.807) is 35.9 Å². The first-order valence-corrected chi connectivity index (χ1v) is 14.0. The maximum absolute atomic E-state index is 12.6. The molecule has 11 nitrogen and oxygen atoms in total. The highest BCUT2D eigenvalue weighted by molar-refractivity contribution is 5.72. The van der Waals surface area contributed by atoms with Gasteiger partial charge in [0.25, 0.3) is 0 Å². The van der Waals surface area contributed by atoms with E-state index in [2.05, 4.69) is 5.10 Å². The second-order valence-corrected chi connectivity index (χ2v) is 10.9. The van der Waals surface area contributed by atoms with Crippen LogP contribution in [0.5, 0.6) is 5.75 Å². The Morgan fingerprint density at radius 1 is 1.07 bits per heavy atom. The van der Waals surface area contributed by atoms with E-state index in [-0.39, 0.29) is 49.4 Å². The molecule has 2 atom stereocenters. The lowest BCUT2D eigenvalue weighted by Crippen LogP contribution is -2.41. The van der Waals surface area contributed by atoms with E-state index >= 15 is 0 Å². The van der Waals surface area contributed by atoms with Gasteiger partial charge in [0.05, 0.1) is 35.7 Å². The summed E-state index contributed by atoms with van der Waals surface area (Å²) in [5.41, 5.74) is 2.43. The minimum absolute atomic E-state index is 0.0386. The number of ether oxygens (including phenoxy) is 4. The van der Waals surface area contributed by atoms with Gasteiger partial charge in [-0.25, -0.2) is 9.78 Å². The third-order valence-corrected chi connectivity index (χ3v) is 7.53. The van der Waals surface area contributed by atoms with Crippen LogP contribution in [-0.2, 0) is 44.1 Å². The molecule has 2 aromatic rings. The molecule has 4 rings (SSSR count). The Morgan fingerprint density at radius 3 is 2.50 bits per heavy atom. The van der Waals surface area contributed by atoms with E-state index in [0.717, 1.165) is 38.5 Å². The van der Waals surface area contributed by atoms with Crippen molar-refractivity contribution in [3.8, 4) is 17.0 Å². The second kappa shape index (κ2) is 13.1. The van der Waals surface area contributed by atoms with Gasteiger partial charge in [0.2, 0.25) is 0 Å². The van der Waals surface area contributed by atoms with E-state index in [1.165, 1.54) is 6.92 Å². The first kappa shape index (κ1) is 29.4. The summed E-state index contributed by atoms with van der Waals surface area (Å²) in [7, 11) is 3.54. The molecule has 0 saturated heterocycles. The molecule has 40 heavy (non-hydrogen) atoms. The Labute approximate surface area is 235 Å². The molecule has 2 saturated carbocycles. The van der Waals surface area contributed by atoms with Crippen LogP contribution in [-0.4, -0.2) is 63.0 Å². The normalized spacial score (nSPS) is 19.1. The van der Waals surface area contributed by atoms with E-state index in [1.807, 2.05) is 19.9 Å². The third-order valence-electron chi connectivity index (χ3n) is 7.53. The van der Waals surface area contributed by atoms with Gasteiger partial charge in [0.15, 0.2) is 0 Å². The van der Waals surface area contributed by atoms with Gasteiger partial charge in [0, 0.05) is 32.6 Å². The van der Waals surface area contributed by atoms with Crippen LogP contribution < -0.4 is 4.74 Å². The van der Waals surface area contributed by atoms with Gasteiger partial charge in [-0.1, -0.05) is 0 Å². The fourth-order valence-corrected chi connectivity index (χ4v) is 5.00. The van der Waals surface area contributed by atoms with Crippen LogP contribution in [0.4, 0.5) is 4.79 Å². The summed E-state index contributed by atoms with van der Waals surface area (Å²) in [6, 6.07) is 3.84. The van der Waals surface area contributed by atoms with Gasteiger partial charge in [-0.05, 0) is 70.9 Å². The van der Waals surface area contributed by atoms with E-state index < -0.39 is 5.97 Å². The molecule has 0 spiro atoms. The number of hydrogen-bond acceptors (Lipinski definition) is 9. The van der Waals surface area contributed by atoms with Crippen molar-refractivity contribution in [3.05, 3.63) is 29.7 Å². The van der Waals surface area contributed by atoms with Crippen molar-refractivity contribution in [2.24, 2.45) is 13.0 Å². The molecular formula is C29H40N4O7. The molecule has 2 fully saturated rings. The Kier molecular flexibility index (Phi) is 9.65. The summed E-state index contributed by atoms with van der Waals surface area (Å²) in [5.74, 6) is -0.348. The zero-order valence-corrected chi connectivity index (χ0v) is 24.1. The van der Waals surface area contributed by atoms with Crippen molar-refractivity contribution in [1.82, 2.24) is 19.7 Å². The molecule has 11 heteroatoms. The summed E-state index contributed by atoms with van der Waals surface area (Å²) < 4.78 is 24.3. The average molecular weight is 557 g/mol. The van der Waals surface area contributed by atoms with Crippen molar-refractivity contribution in [2.75, 3.05) is 7.05 Å². The van der Waals surface area contributed by atoms with Crippen LogP contribution in [0.25, 0.3) is 11.3 Å². The number of pyridine rings is 1. The van der Waals surface area contributed by atoms with E-state index in [0.29, 0.717) is 34.8 Å². The standard InChI is InChI=1S/C29H40N4O7/c1-18(2)39-28(35)20-8-6-11-22(14-20)40-27-13-12-24(31-25(27)16-37-19(3)34)23-15-30-33(5)26(23)17-38-29(36)32(4)21-9-7-10-21/h12-13,15,18,20-22H,6-11,14,16-17H2,1-5H3/t20-,22-/m1/s1. The van der Waals surface area contributed by atoms with Crippen LogP contribution in [0.1, 0.15) is 77.1 Å². The molecule has 0 N–H and O–H groups in total. The zero-order valence-electron chi connectivity index (χ0n) is 24.1. The van der Waals surface area contributed by atoms with Gasteiger partial charge < -0.3 is 23.8 Å². The number of carbonyl (C=O) groups is 3. The molecule has 0 unspecified atom stereocenters. The number of aromatic nitrogens is 3. The second-order valence-electron chi connectivity index (χ2n) is 10.9. The van der Waals surface area contributed by atoms with Crippen molar-refractivity contribution in [2.45, 2.75) is 97.2 Å². The molecule has 0 aromatic carbocycles. The summed E-state index contributed by atoms with van der Waals surface area (Å²) in [6.45, 7) is 4.99. The van der Waals surface area contributed by atoms with Crippen LogP contribution in [0.3, 0.4) is 0 Å². The largest absolute Gasteiger partial charge is 0.488 e. The maximum atomic E-state index is 12.6. The maximum Gasteiger partial charge on any atom is 0.410 e. The Balaban J connectivity index is 1.50. The number of amides is 1. The van der Waals surface area contributed by atoms with Crippen LogP contribution in [0.15, 0.2) is 18.3 Å². The van der Waals surface area contributed by atoms with Gasteiger partial charge in [-0.15, -0.1) is 0 Å². The first-order valence-electron chi connectivity index (χ1n) is 14.0. The third kappa shape index (κ3) is 7.31. The fourth-order valence-electron chi connectivity index (χ4n) is 5.00. The summed E-state index contributed by atoms with van der Waals surface area (Å²) >= 11 is 0. The lowest BCUT2D eigenvalue weighted by Gasteiger charge is -2.33. The minimum Gasteiger partial charge on any atom is -0.488 e. The number of nitrogens with zero attached hydrogens (tertiary/aromatic N) is 4. The highest BCUT2D eigenvalue weighted by Crippen LogP contribution is 2.32. The van der Waals surface area contributed by atoms with E-state index in [4.69, 9.17) is 23.9 Å². The predicted molar refractivity (Wildman–Crippen MR) is 145 cm³/mol. The van der Waals surface area contributed by atoms with Crippen LogP contribution in [0.2, 0.25) is 0 Å². The fraction of sp³-hybridized carbons (Fsp3) is 0.621. The molecule has 2 heterocycles. The number of carbonyl (C=O) groups excluding carboxylic acids is 3. The molecule has 2 aliphatic carbocycles. The topological polar surface area (TPSA) is 122 Å². The Hall–Kier alpha value is -3.63. The lowest BCUT2D eigenvalue weighted by atomic mass is 9.87. The van der Waals surface area contributed by atoms with Gasteiger partial charge >= 0.3 is 18.0 Å². The molecule has 0 radical (unpaired) electrons. The first-order chi connectivity index (χ1) is 19.1. The molecule has 0 aliphatic heterocycles. The Bertz CT molecular complexity index is 1210. The predicted octanol–water partition coefficient (Wildman–Crippen LogP) is 4.56. The lowest BCUT2D eigenvalue weighted by molar-refractivity contribution is -0.154. The summed E-state index contributed by atoms with van der Waals surface area (Å²) in [4.78, 5) is 43.1. The smallest absolute Gasteiger partial charge is 0.410 e. The number of esters is 2. The van der Waals surface area contributed by atoms with Gasteiger partial charge in [-0.3, -0.25) is 14.3 Å².